The number of benzene rings is 3. The number of carbonyl (C=O) groups excluding carboxylic acids is 2. The first kappa shape index (κ1) is 18.4. The molecule has 5 heteroatoms. The molecule has 3 aromatic rings. The summed E-state index contributed by atoms with van der Waals surface area (Å²) in [5.74, 6) is -0.560. The Kier molecular flexibility index (Phi) is 4.31. The van der Waals surface area contributed by atoms with Crippen LogP contribution in [-0.4, -0.2) is 29.4 Å². The van der Waals surface area contributed by atoms with Crippen LogP contribution in [0.1, 0.15) is 22.3 Å². The summed E-state index contributed by atoms with van der Waals surface area (Å²) in [5, 5.41) is 0. The predicted octanol–water partition coefficient (Wildman–Crippen LogP) is 3.07. The number of carbonyl (C=O) groups is 2. The minimum Gasteiger partial charge on any atom is -0.449 e. The number of fused-ring (bicyclic) bond motifs is 3. The first-order chi connectivity index (χ1) is 14.6. The zero-order valence-corrected chi connectivity index (χ0v) is 16.5. The lowest BCUT2D eigenvalue weighted by Gasteiger charge is -2.59. The monoisotopic (exact) mass is 398 g/mol. The molecule has 0 saturated carbocycles. The predicted molar refractivity (Wildman–Crippen MR) is 114 cm³/mol. The molecule has 0 bridgehead atoms. The molecular formula is C25H22N2O3. The Morgan fingerprint density at radius 1 is 1.00 bits per heavy atom. The van der Waals surface area contributed by atoms with Crippen molar-refractivity contribution in [1.82, 2.24) is 4.90 Å². The number of amides is 1. The van der Waals surface area contributed by atoms with Crippen molar-refractivity contribution in [2.45, 2.75) is 24.5 Å². The molecule has 2 atom stereocenters. The highest BCUT2D eigenvalue weighted by atomic mass is 16.6. The van der Waals surface area contributed by atoms with E-state index in [1.807, 2.05) is 53.4 Å². The van der Waals surface area contributed by atoms with Gasteiger partial charge in [0, 0.05) is 12.2 Å². The molecule has 2 N–H and O–H groups in total. The molecule has 2 aliphatic heterocycles. The van der Waals surface area contributed by atoms with Gasteiger partial charge in [-0.3, -0.25) is 9.59 Å². The topological polar surface area (TPSA) is 72.6 Å². The second kappa shape index (κ2) is 7.02. The minimum atomic E-state index is -0.873. The molecule has 2 unspecified atom stereocenters. The first-order valence-electron chi connectivity index (χ1n) is 10.1. The minimum absolute atomic E-state index is 0.0938. The first-order valence-corrected chi connectivity index (χ1v) is 10.1. The zero-order chi connectivity index (χ0) is 20.7. The van der Waals surface area contributed by atoms with Gasteiger partial charge in [0.2, 0.25) is 6.10 Å². The van der Waals surface area contributed by atoms with Gasteiger partial charge in [-0.15, -0.1) is 0 Å². The van der Waals surface area contributed by atoms with E-state index in [-0.39, 0.29) is 12.3 Å². The standard InChI is InChI=1S/C25H22N2O3/c26-20-12-10-17(11-13-20)16-22(28)30-23-24(29)27-15-14-18-6-4-5-9-21(18)25(23,27)19-7-2-1-3-8-19/h1-13,23H,14-16,26H2. The fourth-order valence-corrected chi connectivity index (χ4v) is 4.75. The number of hydrogen-bond acceptors (Lipinski definition) is 4. The molecule has 2 heterocycles. The van der Waals surface area contributed by atoms with Crippen LogP contribution >= 0.6 is 0 Å². The van der Waals surface area contributed by atoms with E-state index in [0.29, 0.717) is 12.2 Å². The molecule has 2 aliphatic rings. The summed E-state index contributed by atoms with van der Waals surface area (Å²) < 4.78 is 5.86. The van der Waals surface area contributed by atoms with Crippen molar-refractivity contribution in [2.75, 3.05) is 12.3 Å². The van der Waals surface area contributed by atoms with Crippen molar-refractivity contribution < 1.29 is 14.3 Å². The molecule has 3 aromatic carbocycles. The van der Waals surface area contributed by atoms with E-state index in [4.69, 9.17) is 10.5 Å². The second-order valence-corrected chi connectivity index (χ2v) is 7.82. The van der Waals surface area contributed by atoms with Crippen LogP contribution in [0.4, 0.5) is 5.69 Å². The van der Waals surface area contributed by atoms with E-state index in [0.717, 1.165) is 23.1 Å². The summed E-state index contributed by atoms with van der Waals surface area (Å²) in [6.07, 6.45) is 0.0155. The second-order valence-electron chi connectivity index (χ2n) is 7.82. The van der Waals surface area contributed by atoms with Gasteiger partial charge in [0.25, 0.3) is 5.91 Å². The summed E-state index contributed by atoms with van der Waals surface area (Å²) in [6, 6.07) is 25.1. The van der Waals surface area contributed by atoms with Crippen LogP contribution in [0.15, 0.2) is 78.9 Å². The lowest BCUT2D eigenvalue weighted by molar-refractivity contribution is -0.197. The van der Waals surface area contributed by atoms with Gasteiger partial charge in [0.1, 0.15) is 5.54 Å². The van der Waals surface area contributed by atoms with Crippen molar-refractivity contribution >= 4 is 17.6 Å². The Morgan fingerprint density at radius 3 is 2.47 bits per heavy atom. The molecule has 0 radical (unpaired) electrons. The molecule has 1 amide bonds. The maximum atomic E-state index is 13.0. The highest BCUT2D eigenvalue weighted by Crippen LogP contribution is 2.52. The lowest BCUT2D eigenvalue weighted by Crippen LogP contribution is -2.75. The van der Waals surface area contributed by atoms with Crippen molar-refractivity contribution in [2.24, 2.45) is 0 Å². The summed E-state index contributed by atoms with van der Waals surface area (Å²) in [4.78, 5) is 27.7. The summed E-state index contributed by atoms with van der Waals surface area (Å²) >= 11 is 0. The van der Waals surface area contributed by atoms with Crippen molar-refractivity contribution in [1.29, 1.82) is 0 Å². The third-order valence-electron chi connectivity index (χ3n) is 6.12. The Balaban J connectivity index is 1.52. The Labute approximate surface area is 175 Å². The smallest absolute Gasteiger partial charge is 0.311 e. The average molecular weight is 398 g/mol. The number of anilines is 1. The van der Waals surface area contributed by atoms with Gasteiger partial charge >= 0.3 is 5.97 Å². The average Bonchev–Trinajstić information content (AvgIpc) is 2.78. The number of nitrogens with zero attached hydrogens (tertiary/aromatic N) is 1. The van der Waals surface area contributed by atoms with E-state index in [2.05, 4.69) is 6.07 Å². The fourth-order valence-electron chi connectivity index (χ4n) is 4.75. The molecule has 150 valence electrons. The summed E-state index contributed by atoms with van der Waals surface area (Å²) in [7, 11) is 0. The molecule has 1 saturated heterocycles. The van der Waals surface area contributed by atoms with E-state index in [9.17, 15) is 9.59 Å². The van der Waals surface area contributed by atoms with Gasteiger partial charge in [-0.2, -0.15) is 0 Å². The largest absolute Gasteiger partial charge is 0.449 e. The van der Waals surface area contributed by atoms with Gasteiger partial charge in [-0.05, 0) is 40.8 Å². The van der Waals surface area contributed by atoms with Crippen molar-refractivity contribution in [3.05, 3.63) is 101 Å². The van der Waals surface area contributed by atoms with Gasteiger partial charge in [-0.25, -0.2) is 0 Å². The molecular weight excluding hydrogens is 376 g/mol. The molecule has 0 aromatic heterocycles. The fraction of sp³-hybridized carbons (Fsp3) is 0.200. The van der Waals surface area contributed by atoms with E-state index >= 15 is 0 Å². The van der Waals surface area contributed by atoms with Gasteiger partial charge in [0.15, 0.2) is 0 Å². The van der Waals surface area contributed by atoms with E-state index in [1.54, 1.807) is 24.3 Å². The van der Waals surface area contributed by atoms with Crippen LogP contribution in [0.5, 0.6) is 0 Å². The Morgan fingerprint density at radius 2 is 1.70 bits per heavy atom. The SMILES string of the molecule is Nc1ccc(CC(=O)OC2C(=O)N3CCc4ccccc4C23c2ccccc2)cc1. The molecule has 30 heavy (non-hydrogen) atoms. The maximum Gasteiger partial charge on any atom is 0.311 e. The number of β-lactam (4-membered cyclic amide) rings is 1. The normalized spacial score (nSPS) is 21.9. The molecule has 0 aliphatic carbocycles. The highest BCUT2D eigenvalue weighted by Gasteiger charge is 2.66. The number of esters is 1. The van der Waals surface area contributed by atoms with Crippen LogP contribution in [0.2, 0.25) is 0 Å². The third-order valence-corrected chi connectivity index (χ3v) is 6.12. The van der Waals surface area contributed by atoms with Crippen molar-refractivity contribution in [3.8, 4) is 0 Å². The number of hydrogen-bond donors (Lipinski definition) is 1. The van der Waals surface area contributed by atoms with Gasteiger partial charge in [0.05, 0.1) is 6.42 Å². The zero-order valence-electron chi connectivity index (χ0n) is 16.5. The Hall–Kier alpha value is -3.60. The Bertz CT molecular complexity index is 1110. The number of ether oxygens (including phenoxy) is 1. The quantitative estimate of drug-likeness (QED) is 0.417. The summed E-state index contributed by atoms with van der Waals surface area (Å²) in [5.41, 5.74) is 9.57. The van der Waals surface area contributed by atoms with Crippen LogP contribution in [-0.2, 0) is 32.7 Å². The van der Waals surface area contributed by atoms with E-state index < -0.39 is 17.6 Å². The van der Waals surface area contributed by atoms with Gasteiger partial charge < -0.3 is 15.4 Å². The highest BCUT2D eigenvalue weighted by molar-refractivity contribution is 5.95. The number of rotatable bonds is 4. The third kappa shape index (κ3) is 2.70. The van der Waals surface area contributed by atoms with Gasteiger partial charge in [-0.1, -0.05) is 66.7 Å². The molecule has 0 spiro atoms. The van der Waals surface area contributed by atoms with Crippen LogP contribution in [0.3, 0.4) is 0 Å². The lowest BCUT2D eigenvalue weighted by atomic mass is 9.66. The van der Waals surface area contributed by atoms with Crippen LogP contribution < -0.4 is 5.73 Å². The van der Waals surface area contributed by atoms with Crippen molar-refractivity contribution in [3.63, 3.8) is 0 Å². The maximum absolute atomic E-state index is 13.0. The van der Waals surface area contributed by atoms with Crippen LogP contribution in [0, 0.1) is 0 Å². The molecule has 5 rings (SSSR count). The number of nitrogens with two attached hydrogens (primary N) is 1. The molecule has 1 fully saturated rings. The number of nitrogen functional groups attached to an aromatic ring is 1. The van der Waals surface area contributed by atoms with Crippen LogP contribution in [0.25, 0.3) is 0 Å². The molecule has 5 nitrogen and oxygen atoms in total. The van der Waals surface area contributed by atoms with E-state index in [1.165, 1.54) is 5.56 Å². The summed E-state index contributed by atoms with van der Waals surface area (Å²) in [6.45, 7) is 0.608.